The lowest BCUT2D eigenvalue weighted by Crippen LogP contribution is -2.21. The van der Waals surface area contributed by atoms with Gasteiger partial charge in [0.05, 0.1) is 4.92 Å². The van der Waals surface area contributed by atoms with Gasteiger partial charge in [0.15, 0.2) is 6.61 Å². The number of nitrogens with zero attached hydrogens (tertiary/aromatic N) is 1. The average Bonchev–Trinajstić information content (AvgIpc) is 3.19. The van der Waals surface area contributed by atoms with Gasteiger partial charge in [-0.3, -0.25) is 14.9 Å². The number of para-hydroxylation sites is 1. The summed E-state index contributed by atoms with van der Waals surface area (Å²) in [6, 6.07) is 19.8. The lowest BCUT2D eigenvalue weighted by molar-refractivity contribution is -0.380. The van der Waals surface area contributed by atoms with Crippen LogP contribution in [0.3, 0.4) is 0 Å². The molecule has 0 aliphatic rings. The number of rotatable bonds is 7. The van der Waals surface area contributed by atoms with Crippen molar-refractivity contribution in [1.82, 2.24) is 0 Å². The molecule has 0 atom stereocenters. The molecule has 0 spiro atoms. The second-order valence-electron chi connectivity index (χ2n) is 5.84. The molecule has 1 heterocycles. The predicted molar refractivity (Wildman–Crippen MR) is 106 cm³/mol. The molecule has 28 heavy (non-hydrogen) atoms. The van der Waals surface area contributed by atoms with E-state index in [1.165, 1.54) is 12.1 Å². The predicted octanol–water partition coefficient (Wildman–Crippen LogP) is 4.04. The van der Waals surface area contributed by atoms with E-state index in [2.05, 4.69) is 5.32 Å². The molecule has 0 aliphatic heterocycles. The van der Waals surface area contributed by atoms with Gasteiger partial charge in [-0.2, -0.15) is 0 Å². The third-order valence-corrected chi connectivity index (χ3v) is 4.85. The number of carbonyl (C=O) groups excluding carboxylic acids is 2. The molecule has 0 fully saturated rings. The van der Waals surface area contributed by atoms with Crippen molar-refractivity contribution in [3.05, 3.63) is 92.8 Å². The molecule has 3 rings (SSSR count). The minimum absolute atomic E-state index is 0.0731. The lowest BCUT2D eigenvalue weighted by atomic mass is 10.0. The number of esters is 1. The number of anilines is 1. The Balaban J connectivity index is 1.59. The average molecular weight is 396 g/mol. The molecule has 1 amide bonds. The van der Waals surface area contributed by atoms with Crippen LogP contribution in [0, 0.1) is 10.1 Å². The maximum absolute atomic E-state index is 12.2. The summed E-state index contributed by atoms with van der Waals surface area (Å²) in [4.78, 5) is 34.3. The Labute approximate surface area is 164 Å². The van der Waals surface area contributed by atoms with Crippen molar-refractivity contribution in [2.75, 3.05) is 11.9 Å². The number of nitrogens with one attached hydrogen (secondary N) is 1. The third-order valence-electron chi connectivity index (χ3n) is 3.84. The molecule has 3 aromatic rings. The van der Waals surface area contributed by atoms with E-state index in [0.29, 0.717) is 23.4 Å². The molecular weight excluding hydrogens is 380 g/mol. The van der Waals surface area contributed by atoms with Crippen LogP contribution >= 0.6 is 11.3 Å². The molecular formula is C20H16N2O5S. The third kappa shape index (κ3) is 5.01. The summed E-state index contributed by atoms with van der Waals surface area (Å²) in [5.41, 5.74) is 2.68. The number of benzene rings is 2. The first-order chi connectivity index (χ1) is 13.5. The van der Waals surface area contributed by atoms with E-state index in [1.54, 1.807) is 12.1 Å². The minimum atomic E-state index is -0.772. The zero-order valence-corrected chi connectivity index (χ0v) is 15.5. The van der Waals surface area contributed by atoms with Crippen molar-refractivity contribution in [3.63, 3.8) is 0 Å². The van der Waals surface area contributed by atoms with Crippen LogP contribution in [-0.2, 0) is 16.0 Å². The van der Waals surface area contributed by atoms with Crippen molar-refractivity contribution < 1.29 is 19.2 Å². The maximum atomic E-state index is 12.2. The van der Waals surface area contributed by atoms with Gasteiger partial charge in [0.2, 0.25) is 0 Å². The molecule has 1 aromatic heterocycles. The first kappa shape index (κ1) is 19.2. The van der Waals surface area contributed by atoms with Crippen LogP contribution < -0.4 is 5.32 Å². The molecule has 7 nitrogen and oxygen atoms in total. The van der Waals surface area contributed by atoms with Crippen LogP contribution in [-0.4, -0.2) is 23.4 Å². The minimum Gasteiger partial charge on any atom is -0.451 e. The van der Waals surface area contributed by atoms with Crippen molar-refractivity contribution in [2.45, 2.75) is 6.42 Å². The van der Waals surface area contributed by atoms with Crippen LogP contribution in [0.15, 0.2) is 66.7 Å². The lowest BCUT2D eigenvalue weighted by Gasteiger charge is -2.11. The maximum Gasteiger partial charge on any atom is 0.349 e. The number of ether oxygens (including phenoxy) is 1. The highest BCUT2D eigenvalue weighted by molar-refractivity contribution is 7.17. The summed E-state index contributed by atoms with van der Waals surface area (Å²) in [6.45, 7) is -0.482. The number of nitro groups is 1. The number of hydrogen-bond donors (Lipinski definition) is 1. The summed E-state index contributed by atoms with van der Waals surface area (Å²) in [7, 11) is 0. The van der Waals surface area contributed by atoms with Gasteiger partial charge in [-0.25, -0.2) is 4.79 Å². The fraction of sp³-hybridized carbons (Fsp3) is 0.100. The van der Waals surface area contributed by atoms with E-state index in [1.807, 2.05) is 42.5 Å². The van der Waals surface area contributed by atoms with Gasteiger partial charge in [0, 0.05) is 11.8 Å². The van der Waals surface area contributed by atoms with Gasteiger partial charge in [-0.1, -0.05) is 59.9 Å². The summed E-state index contributed by atoms with van der Waals surface area (Å²) in [5.74, 6) is -1.26. The fourth-order valence-corrected chi connectivity index (χ4v) is 3.25. The quantitative estimate of drug-likeness (QED) is 0.369. The van der Waals surface area contributed by atoms with Crippen molar-refractivity contribution in [2.24, 2.45) is 0 Å². The monoisotopic (exact) mass is 396 g/mol. The van der Waals surface area contributed by atoms with E-state index in [0.717, 1.165) is 11.1 Å². The van der Waals surface area contributed by atoms with E-state index in [4.69, 9.17) is 4.74 Å². The number of carbonyl (C=O) groups is 2. The van der Waals surface area contributed by atoms with Crippen LogP contribution in [0.25, 0.3) is 0 Å². The van der Waals surface area contributed by atoms with Crippen LogP contribution in [0.1, 0.15) is 20.8 Å². The molecule has 142 valence electrons. The summed E-state index contributed by atoms with van der Waals surface area (Å²) < 4.78 is 4.95. The molecule has 0 saturated carbocycles. The largest absolute Gasteiger partial charge is 0.451 e. The Morgan fingerprint density at radius 1 is 1.00 bits per heavy atom. The molecule has 0 saturated heterocycles. The highest BCUT2D eigenvalue weighted by Crippen LogP contribution is 2.24. The van der Waals surface area contributed by atoms with Gasteiger partial charge in [-0.15, -0.1) is 0 Å². The molecule has 0 radical (unpaired) electrons. The number of thiophene rings is 1. The number of amides is 1. The summed E-state index contributed by atoms with van der Waals surface area (Å²) in [5, 5.41) is 13.2. The topological polar surface area (TPSA) is 98.5 Å². The molecule has 0 aliphatic carbocycles. The molecule has 0 unspecified atom stereocenters. The zero-order valence-electron chi connectivity index (χ0n) is 14.7. The second-order valence-corrected chi connectivity index (χ2v) is 6.90. The Hall–Kier alpha value is -3.52. The highest BCUT2D eigenvalue weighted by atomic mass is 32.1. The first-order valence-corrected chi connectivity index (χ1v) is 9.17. The Morgan fingerprint density at radius 3 is 2.43 bits per heavy atom. The fourth-order valence-electron chi connectivity index (χ4n) is 2.54. The Morgan fingerprint density at radius 2 is 1.71 bits per heavy atom. The summed E-state index contributed by atoms with van der Waals surface area (Å²) >= 11 is 0.703. The Bertz CT molecular complexity index is 1000. The molecule has 0 bridgehead atoms. The van der Waals surface area contributed by atoms with Crippen molar-refractivity contribution in [3.8, 4) is 0 Å². The highest BCUT2D eigenvalue weighted by Gasteiger charge is 2.17. The number of hydrogen-bond acceptors (Lipinski definition) is 6. The van der Waals surface area contributed by atoms with Gasteiger partial charge >= 0.3 is 11.0 Å². The smallest absolute Gasteiger partial charge is 0.349 e. The van der Waals surface area contributed by atoms with Gasteiger partial charge in [-0.05, 0) is 29.7 Å². The van der Waals surface area contributed by atoms with E-state index in [9.17, 15) is 19.7 Å². The van der Waals surface area contributed by atoms with Gasteiger partial charge in [0.1, 0.15) is 4.88 Å². The molecule has 2 aromatic carbocycles. The zero-order chi connectivity index (χ0) is 19.9. The van der Waals surface area contributed by atoms with Crippen molar-refractivity contribution in [1.29, 1.82) is 0 Å². The first-order valence-electron chi connectivity index (χ1n) is 8.36. The molecule has 8 heteroatoms. The molecule has 1 N–H and O–H groups in total. The van der Waals surface area contributed by atoms with Crippen LogP contribution in [0.5, 0.6) is 0 Å². The van der Waals surface area contributed by atoms with E-state index in [-0.39, 0.29) is 9.88 Å². The second kappa shape index (κ2) is 8.92. The normalized spacial score (nSPS) is 10.3. The van der Waals surface area contributed by atoms with E-state index < -0.39 is 23.4 Å². The standard InChI is InChI=1S/C20H16N2O5S/c23-18(13-27-20(24)17-10-11-19(28-17)22(25)26)21-16-9-5-4-8-15(16)12-14-6-2-1-3-7-14/h1-11H,12-13H2,(H,21,23). The van der Waals surface area contributed by atoms with E-state index >= 15 is 0 Å². The van der Waals surface area contributed by atoms with Gasteiger partial charge in [0.25, 0.3) is 5.91 Å². The van der Waals surface area contributed by atoms with Crippen molar-refractivity contribution >= 4 is 33.9 Å². The summed E-state index contributed by atoms with van der Waals surface area (Å²) in [6.07, 6.45) is 0.649. The van der Waals surface area contributed by atoms with Gasteiger partial charge < -0.3 is 10.1 Å². The van der Waals surface area contributed by atoms with Crippen LogP contribution in [0.2, 0.25) is 0 Å². The van der Waals surface area contributed by atoms with Crippen LogP contribution in [0.4, 0.5) is 10.7 Å². The Kier molecular flexibility index (Phi) is 6.13. The SMILES string of the molecule is O=C(COC(=O)c1ccc([N+](=O)[O-])s1)Nc1ccccc1Cc1ccccc1.